The zero-order valence-corrected chi connectivity index (χ0v) is 11.4. The first kappa shape index (κ1) is 12.4. The van der Waals surface area contributed by atoms with Crippen LogP contribution in [0.1, 0.15) is 39.0 Å². The molecule has 16 heavy (non-hydrogen) atoms. The van der Waals surface area contributed by atoms with Gasteiger partial charge in [0.15, 0.2) is 0 Å². The molecule has 2 rings (SSSR count). The van der Waals surface area contributed by atoms with Gasteiger partial charge in [0.25, 0.3) is 0 Å². The molecule has 2 atom stereocenters. The standard InChI is InChI=1S/C12H20BrNO2/c1-9-2-3-10(16-9)11(15)14-8-12(4-5-12)6-7-13/h9-10H,2-8H2,1H3,(H,14,15). The summed E-state index contributed by atoms with van der Waals surface area (Å²) < 4.78 is 5.55. The molecule has 3 nitrogen and oxygen atoms in total. The summed E-state index contributed by atoms with van der Waals surface area (Å²) in [4.78, 5) is 11.8. The third-order valence-electron chi connectivity index (χ3n) is 3.74. The zero-order valence-electron chi connectivity index (χ0n) is 9.80. The molecule has 0 aromatic carbocycles. The largest absolute Gasteiger partial charge is 0.365 e. The van der Waals surface area contributed by atoms with Crippen LogP contribution in [0.25, 0.3) is 0 Å². The summed E-state index contributed by atoms with van der Waals surface area (Å²) in [6.07, 6.45) is 5.59. The van der Waals surface area contributed by atoms with Gasteiger partial charge in [-0.2, -0.15) is 0 Å². The van der Waals surface area contributed by atoms with Crippen LogP contribution in [0.4, 0.5) is 0 Å². The Bertz CT molecular complexity index is 266. The molecule has 1 saturated heterocycles. The number of nitrogens with one attached hydrogen (secondary N) is 1. The smallest absolute Gasteiger partial charge is 0.249 e. The number of ether oxygens (including phenoxy) is 1. The zero-order chi connectivity index (χ0) is 11.6. The highest BCUT2D eigenvalue weighted by molar-refractivity contribution is 9.09. The van der Waals surface area contributed by atoms with E-state index in [1.54, 1.807) is 0 Å². The van der Waals surface area contributed by atoms with Crippen molar-refractivity contribution < 1.29 is 9.53 Å². The van der Waals surface area contributed by atoms with Gasteiger partial charge < -0.3 is 10.1 Å². The number of rotatable bonds is 5. The topological polar surface area (TPSA) is 38.3 Å². The summed E-state index contributed by atoms with van der Waals surface area (Å²) >= 11 is 3.47. The predicted molar refractivity (Wildman–Crippen MR) is 66.7 cm³/mol. The predicted octanol–water partition coefficient (Wildman–Crippen LogP) is 2.24. The van der Waals surface area contributed by atoms with E-state index >= 15 is 0 Å². The molecular formula is C12H20BrNO2. The normalized spacial score (nSPS) is 31.4. The van der Waals surface area contributed by atoms with Crippen LogP contribution >= 0.6 is 15.9 Å². The summed E-state index contributed by atoms with van der Waals surface area (Å²) in [5, 5.41) is 4.08. The maximum Gasteiger partial charge on any atom is 0.249 e. The van der Waals surface area contributed by atoms with E-state index in [-0.39, 0.29) is 18.1 Å². The molecule has 2 aliphatic rings. The van der Waals surface area contributed by atoms with Crippen molar-refractivity contribution in [2.45, 2.75) is 51.2 Å². The van der Waals surface area contributed by atoms with Crippen LogP contribution < -0.4 is 5.32 Å². The van der Waals surface area contributed by atoms with Crippen molar-refractivity contribution in [3.8, 4) is 0 Å². The van der Waals surface area contributed by atoms with Gasteiger partial charge in [-0.25, -0.2) is 0 Å². The first-order valence-corrected chi connectivity index (χ1v) is 7.26. The second kappa shape index (κ2) is 5.05. The summed E-state index contributed by atoms with van der Waals surface area (Å²) in [5.41, 5.74) is 0.392. The van der Waals surface area contributed by atoms with Gasteiger partial charge in [-0.1, -0.05) is 15.9 Å². The highest BCUT2D eigenvalue weighted by Crippen LogP contribution is 2.48. The molecule has 1 aliphatic heterocycles. The first-order valence-electron chi connectivity index (χ1n) is 6.14. The lowest BCUT2D eigenvalue weighted by Gasteiger charge is -2.17. The Kier molecular flexibility index (Phi) is 3.90. The number of carbonyl (C=O) groups excluding carboxylic acids is 1. The van der Waals surface area contributed by atoms with Crippen LogP contribution in [0.15, 0.2) is 0 Å². The van der Waals surface area contributed by atoms with Gasteiger partial charge in [-0.15, -0.1) is 0 Å². The van der Waals surface area contributed by atoms with Gasteiger partial charge in [-0.05, 0) is 44.4 Å². The molecule has 0 spiro atoms. The monoisotopic (exact) mass is 289 g/mol. The van der Waals surface area contributed by atoms with E-state index in [2.05, 4.69) is 21.2 Å². The minimum atomic E-state index is -0.199. The minimum absolute atomic E-state index is 0.0881. The first-order chi connectivity index (χ1) is 7.65. The molecule has 92 valence electrons. The van der Waals surface area contributed by atoms with Crippen LogP contribution in [-0.4, -0.2) is 30.0 Å². The average molecular weight is 290 g/mol. The van der Waals surface area contributed by atoms with E-state index in [1.165, 1.54) is 12.8 Å². The SMILES string of the molecule is CC1CCC(C(=O)NCC2(CCBr)CC2)O1. The molecule has 1 aliphatic carbocycles. The molecule has 1 saturated carbocycles. The van der Waals surface area contributed by atoms with Crippen molar-refractivity contribution in [3.05, 3.63) is 0 Å². The molecular weight excluding hydrogens is 270 g/mol. The van der Waals surface area contributed by atoms with E-state index in [1.807, 2.05) is 6.92 Å². The molecule has 1 N–H and O–H groups in total. The number of alkyl halides is 1. The molecule has 4 heteroatoms. The van der Waals surface area contributed by atoms with Crippen molar-refractivity contribution in [1.29, 1.82) is 0 Å². The Morgan fingerprint density at radius 1 is 1.50 bits per heavy atom. The van der Waals surface area contributed by atoms with Crippen LogP contribution in [-0.2, 0) is 9.53 Å². The number of hydrogen-bond donors (Lipinski definition) is 1. The lowest BCUT2D eigenvalue weighted by molar-refractivity contribution is -0.131. The summed E-state index contributed by atoms with van der Waals surface area (Å²) in [7, 11) is 0. The Morgan fingerprint density at radius 2 is 2.25 bits per heavy atom. The Hall–Kier alpha value is -0.0900. The van der Waals surface area contributed by atoms with Crippen molar-refractivity contribution in [1.82, 2.24) is 5.32 Å². The Morgan fingerprint density at radius 3 is 2.75 bits per heavy atom. The van der Waals surface area contributed by atoms with Crippen LogP contribution in [0.3, 0.4) is 0 Å². The third kappa shape index (κ3) is 2.98. The van der Waals surface area contributed by atoms with E-state index in [0.717, 1.165) is 31.1 Å². The Balaban J connectivity index is 1.72. The van der Waals surface area contributed by atoms with Gasteiger partial charge in [0.2, 0.25) is 5.91 Å². The fourth-order valence-electron chi connectivity index (χ4n) is 2.28. The maximum absolute atomic E-state index is 11.8. The molecule has 0 bridgehead atoms. The summed E-state index contributed by atoms with van der Waals surface area (Å²) in [6.45, 7) is 2.85. The average Bonchev–Trinajstić information content (AvgIpc) is 2.89. The quantitative estimate of drug-likeness (QED) is 0.789. The highest BCUT2D eigenvalue weighted by Gasteiger charge is 2.42. The van der Waals surface area contributed by atoms with Gasteiger partial charge in [-0.3, -0.25) is 4.79 Å². The van der Waals surface area contributed by atoms with Gasteiger partial charge >= 0.3 is 0 Å². The van der Waals surface area contributed by atoms with Gasteiger partial charge in [0.05, 0.1) is 6.10 Å². The maximum atomic E-state index is 11.8. The molecule has 0 aromatic heterocycles. The lowest BCUT2D eigenvalue weighted by Crippen LogP contribution is -2.38. The van der Waals surface area contributed by atoms with Crippen molar-refractivity contribution in [3.63, 3.8) is 0 Å². The highest BCUT2D eigenvalue weighted by atomic mass is 79.9. The third-order valence-corrected chi connectivity index (χ3v) is 4.14. The van der Waals surface area contributed by atoms with Crippen molar-refractivity contribution in [2.75, 3.05) is 11.9 Å². The lowest BCUT2D eigenvalue weighted by atomic mass is 10.0. The molecule has 2 unspecified atom stereocenters. The summed E-state index contributed by atoms with van der Waals surface area (Å²) in [5.74, 6) is 0.0881. The second-order valence-electron chi connectivity index (χ2n) is 5.17. The van der Waals surface area contributed by atoms with E-state index < -0.39 is 0 Å². The fraction of sp³-hybridized carbons (Fsp3) is 0.917. The molecule has 0 radical (unpaired) electrons. The number of amides is 1. The van der Waals surface area contributed by atoms with Gasteiger partial charge in [0.1, 0.15) is 6.10 Å². The van der Waals surface area contributed by atoms with E-state index in [0.29, 0.717) is 5.41 Å². The van der Waals surface area contributed by atoms with Crippen molar-refractivity contribution in [2.24, 2.45) is 5.41 Å². The van der Waals surface area contributed by atoms with Crippen molar-refractivity contribution >= 4 is 21.8 Å². The Labute approximate surface area is 105 Å². The van der Waals surface area contributed by atoms with Crippen LogP contribution in [0.5, 0.6) is 0 Å². The van der Waals surface area contributed by atoms with Crippen LogP contribution in [0, 0.1) is 5.41 Å². The number of carbonyl (C=O) groups is 1. The fourth-order valence-corrected chi connectivity index (χ4v) is 3.12. The van der Waals surface area contributed by atoms with E-state index in [9.17, 15) is 4.79 Å². The van der Waals surface area contributed by atoms with Gasteiger partial charge in [0, 0.05) is 11.9 Å². The molecule has 2 fully saturated rings. The second-order valence-corrected chi connectivity index (χ2v) is 5.96. The number of halogens is 1. The van der Waals surface area contributed by atoms with E-state index in [4.69, 9.17) is 4.74 Å². The summed E-state index contributed by atoms with van der Waals surface area (Å²) in [6, 6.07) is 0. The minimum Gasteiger partial charge on any atom is -0.365 e. The molecule has 1 amide bonds. The number of hydrogen-bond acceptors (Lipinski definition) is 2. The van der Waals surface area contributed by atoms with Crippen LogP contribution in [0.2, 0.25) is 0 Å². The molecule has 1 heterocycles. The molecule has 0 aromatic rings.